The van der Waals surface area contributed by atoms with E-state index in [-0.39, 0.29) is 45.2 Å². The molecule has 1 aromatic heterocycles. The molecule has 0 amide bonds. The maximum absolute atomic E-state index is 16.1. The summed E-state index contributed by atoms with van der Waals surface area (Å²) in [6.45, 7) is 1.52. The summed E-state index contributed by atoms with van der Waals surface area (Å²) in [4.78, 5) is 11.1. The van der Waals surface area contributed by atoms with Crippen LogP contribution in [0.25, 0.3) is 32.8 Å². The third-order valence-corrected chi connectivity index (χ3v) is 8.37. The highest BCUT2D eigenvalue weighted by atomic mass is 19.1. The Bertz CT molecular complexity index is 1630. The molecule has 6 rings (SSSR count). The van der Waals surface area contributed by atoms with E-state index in [1.165, 1.54) is 30.3 Å². The lowest BCUT2D eigenvalue weighted by atomic mass is 9.76. The molecule has 1 aliphatic carbocycles. The zero-order valence-electron chi connectivity index (χ0n) is 21.1. The molecule has 0 bridgehead atoms. The van der Waals surface area contributed by atoms with Gasteiger partial charge in [0.25, 0.3) is 0 Å². The van der Waals surface area contributed by atoms with Crippen LogP contribution in [0.5, 0.6) is 11.8 Å². The van der Waals surface area contributed by atoms with Crippen LogP contribution in [0.3, 0.4) is 0 Å². The number of likely N-dealkylation sites (tertiary alicyclic amines) is 1. The van der Waals surface area contributed by atoms with Gasteiger partial charge in [0.1, 0.15) is 22.9 Å². The molecule has 8 heteroatoms. The fourth-order valence-electron chi connectivity index (χ4n) is 6.60. The number of benzene rings is 3. The van der Waals surface area contributed by atoms with E-state index >= 15 is 4.39 Å². The lowest BCUT2D eigenvalue weighted by molar-refractivity contribution is 0.0133. The van der Waals surface area contributed by atoms with Crippen molar-refractivity contribution in [1.82, 2.24) is 14.9 Å². The summed E-state index contributed by atoms with van der Waals surface area (Å²) in [5, 5.41) is 11.5. The lowest BCUT2D eigenvalue weighted by Crippen LogP contribution is -2.50. The number of phenolic OH excluding ortho intramolecular Hbond substituents is 1. The fraction of sp³-hybridized carbons (Fsp3) is 0.333. The Hall–Kier alpha value is -3.96. The summed E-state index contributed by atoms with van der Waals surface area (Å²) in [5.74, 6) is 1.08. The molecular weight excluding hydrogens is 486 g/mol. The SMILES string of the molecule is C#Cc1c(F)ccc2cc(O)cc(-c3ccc4c(N)nc(OCC56CCCC5N(C)CCC6)nc4c3F)c12. The van der Waals surface area contributed by atoms with Crippen molar-refractivity contribution in [3.63, 3.8) is 0 Å². The van der Waals surface area contributed by atoms with E-state index in [0.29, 0.717) is 28.8 Å². The Kier molecular flexibility index (Phi) is 5.84. The van der Waals surface area contributed by atoms with E-state index in [2.05, 4.69) is 27.8 Å². The predicted octanol–water partition coefficient (Wildman–Crippen LogP) is 5.64. The molecule has 1 aliphatic heterocycles. The number of rotatable bonds is 4. The van der Waals surface area contributed by atoms with E-state index in [1.54, 1.807) is 6.07 Å². The average molecular weight is 515 g/mol. The molecule has 2 unspecified atom stereocenters. The largest absolute Gasteiger partial charge is 0.508 e. The summed E-state index contributed by atoms with van der Waals surface area (Å²) in [6.07, 6.45) is 11.1. The molecule has 2 heterocycles. The van der Waals surface area contributed by atoms with Crippen LogP contribution in [-0.2, 0) is 0 Å². The van der Waals surface area contributed by atoms with Crippen LogP contribution >= 0.6 is 0 Å². The van der Waals surface area contributed by atoms with E-state index in [9.17, 15) is 9.50 Å². The Labute approximate surface area is 219 Å². The minimum absolute atomic E-state index is 0.00829. The number of nitrogen functional groups attached to an aromatic ring is 1. The molecule has 4 aromatic rings. The summed E-state index contributed by atoms with van der Waals surface area (Å²) >= 11 is 0. The van der Waals surface area contributed by atoms with Gasteiger partial charge in [0, 0.05) is 27.8 Å². The second kappa shape index (κ2) is 9.10. The first-order valence-electron chi connectivity index (χ1n) is 12.8. The number of terminal acetylenes is 1. The summed E-state index contributed by atoms with van der Waals surface area (Å²) < 4.78 is 36.8. The van der Waals surface area contributed by atoms with Crippen LogP contribution in [0.1, 0.15) is 37.7 Å². The highest BCUT2D eigenvalue weighted by Gasteiger charge is 2.47. The maximum Gasteiger partial charge on any atom is 0.319 e. The second-order valence-electron chi connectivity index (χ2n) is 10.5. The third kappa shape index (κ3) is 3.81. The number of phenols is 1. The van der Waals surface area contributed by atoms with Gasteiger partial charge in [0.15, 0.2) is 5.82 Å². The first-order chi connectivity index (χ1) is 18.3. The number of aromatic nitrogens is 2. The maximum atomic E-state index is 16.1. The molecule has 38 heavy (non-hydrogen) atoms. The lowest BCUT2D eigenvalue weighted by Gasteiger charge is -2.44. The van der Waals surface area contributed by atoms with Crippen LogP contribution in [-0.4, -0.2) is 46.2 Å². The number of hydrogen-bond donors (Lipinski definition) is 2. The van der Waals surface area contributed by atoms with Crippen LogP contribution in [0.2, 0.25) is 0 Å². The van der Waals surface area contributed by atoms with Crippen molar-refractivity contribution in [2.45, 2.75) is 38.1 Å². The van der Waals surface area contributed by atoms with Crippen molar-refractivity contribution in [2.75, 3.05) is 25.9 Å². The van der Waals surface area contributed by atoms with Gasteiger partial charge in [-0.1, -0.05) is 24.5 Å². The molecule has 3 N–H and O–H groups in total. The van der Waals surface area contributed by atoms with E-state index < -0.39 is 11.6 Å². The van der Waals surface area contributed by atoms with E-state index in [0.717, 1.165) is 38.6 Å². The number of nitrogens with zero attached hydrogens (tertiary/aromatic N) is 3. The number of halogens is 2. The van der Waals surface area contributed by atoms with Crippen LogP contribution in [0.4, 0.5) is 14.6 Å². The number of fused-ring (bicyclic) bond motifs is 3. The van der Waals surface area contributed by atoms with Gasteiger partial charge < -0.3 is 20.5 Å². The zero-order chi connectivity index (χ0) is 26.6. The number of anilines is 1. The molecule has 1 saturated carbocycles. The molecule has 6 nitrogen and oxygen atoms in total. The van der Waals surface area contributed by atoms with Gasteiger partial charge in [0.2, 0.25) is 0 Å². The Balaban J connectivity index is 1.44. The fourth-order valence-corrected chi connectivity index (χ4v) is 6.60. The molecule has 2 fully saturated rings. The standard InChI is InChI=1S/C30H28F2N4O2/c1-3-19-23(31)10-7-17-14-18(37)15-22(25(17)19)20-8-9-21-27(26(20)32)34-29(35-28(21)33)38-16-30-11-4-6-24(30)36(2)13-5-12-30/h1,7-10,14-15,24,37H,4-6,11-13,16H2,2H3,(H2,33,34,35). The summed E-state index contributed by atoms with van der Waals surface area (Å²) in [6, 6.07) is 9.15. The topological polar surface area (TPSA) is 84.5 Å². The molecule has 2 atom stereocenters. The van der Waals surface area contributed by atoms with Crippen molar-refractivity contribution in [2.24, 2.45) is 5.41 Å². The van der Waals surface area contributed by atoms with Crippen molar-refractivity contribution in [1.29, 1.82) is 0 Å². The van der Waals surface area contributed by atoms with Gasteiger partial charge in [-0.15, -0.1) is 6.42 Å². The summed E-state index contributed by atoms with van der Waals surface area (Å²) in [7, 11) is 2.16. The van der Waals surface area contributed by atoms with Crippen molar-refractivity contribution in [3.8, 4) is 35.2 Å². The smallest absolute Gasteiger partial charge is 0.319 e. The summed E-state index contributed by atoms with van der Waals surface area (Å²) in [5.41, 5.74) is 6.57. The Morgan fingerprint density at radius 3 is 2.79 bits per heavy atom. The van der Waals surface area contributed by atoms with Crippen LogP contribution in [0.15, 0.2) is 36.4 Å². The Morgan fingerprint density at radius 1 is 1.16 bits per heavy atom. The predicted molar refractivity (Wildman–Crippen MR) is 144 cm³/mol. The molecule has 0 spiro atoms. The number of ether oxygens (including phenoxy) is 1. The minimum atomic E-state index is -0.685. The Morgan fingerprint density at radius 2 is 1.97 bits per heavy atom. The first kappa shape index (κ1) is 24.4. The first-order valence-corrected chi connectivity index (χ1v) is 12.8. The van der Waals surface area contributed by atoms with Gasteiger partial charge in [0.05, 0.1) is 12.2 Å². The minimum Gasteiger partial charge on any atom is -0.508 e. The van der Waals surface area contributed by atoms with Gasteiger partial charge in [-0.2, -0.15) is 9.97 Å². The monoisotopic (exact) mass is 514 g/mol. The van der Waals surface area contributed by atoms with E-state index in [1.807, 2.05) is 0 Å². The average Bonchev–Trinajstić information content (AvgIpc) is 3.34. The van der Waals surface area contributed by atoms with Gasteiger partial charge in [-0.25, -0.2) is 8.78 Å². The second-order valence-corrected chi connectivity index (χ2v) is 10.5. The van der Waals surface area contributed by atoms with Crippen molar-refractivity contribution < 1.29 is 18.6 Å². The number of aromatic hydroxyl groups is 1. The number of hydrogen-bond acceptors (Lipinski definition) is 6. The normalized spacial score (nSPS) is 21.5. The van der Waals surface area contributed by atoms with Gasteiger partial charge in [-0.3, -0.25) is 0 Å². The number of piperidine rings is 1. The molecule has 194 valence electrons. The zero-order valence-corrected chi connectivity index (χ0v) is 21.1. The molecular formula is C30H28F2N4O2. The van der Waals surface area contributed by atoms with Crippen molar-refractivity contribution >= 4 is 27.5 Å². The molecule has 0 radical (unpaired) electrons. The molecule has 1 saturated heterocycles. The third-order valence-electron chi connectivity index (χ3n) is 8.37. The quantitative estimate of drug-likeness (QED) is 0.343. The highest BCUT2D eigenvalue weighted by molar-refractivity contribution is 6.03. The number of nitrogens with two attached hydrogens (primary N) is 1. The highest BCUT2D eigenvalue weighted by Crippen LogP contribution is 2.47. The van der Waals surface area contributed by atoms with Gasteiger partial charge >= 0.3 is 6.01 Å². The van der Waals surface area contributed by atoms with E-state index in [4.69, 9.17) is 16.9 Å². The van der Waals surface area contributed by atoms with Gasteiger partial charge in [-0.05, 0) is 74.5 Å². The van der Waals surface area contributed by atoms with Crippen molar-refractivity contribution in [3.05, 3.63) is 53.6 Å². The molecule has 3 aromatic carbocycles. The van der Waals surface area contributed by atoms with Crippen LogP contribution in [0, 0.1) is 29.4 Å². The van der Waals surface area contributed by atoms with Crippen LogP contribution < -0.4 is 10.5 Å². The molecule has 2 aliphatic rings.